The van der Waals surface area contributed by atoms with Gasteiger partial charge in [-0.05, 0) is 43.4 Å². The second-order valence-corrected chi connectivity index (χ2v) is 8.12. The summed E-state index contributed by atoms with van der Waals surface area (Å²) in [4.78, 5) is 0.321. The van der Waals surface area contributed by atoms with Crippen LogP contribution >= 0.6 is 0 Å². The summed E-state index contributed by atoms with van der Waals surface area (Å²) in [6.07, 6.45) is 6.55. The fourth-order valence-corrected chi connectivity index (χ4v) is 4.27. The van der Waals surface area contributed by atoms with Crippen molar-refractivity contribution in [1.82, 2.24) is 4.72 Å². The van der Waals surface area contributed by atoms with Gasteiger partial charge in [-0.3, -0.25) is 0 Å². The van der Waals surface area contributed by atoms with Gasteiger partial charge in [-0.1, -0.05) is 60.2 Å². The highest BCUT2D eigenvalue weighted by molar-refractivity contribution is 7.89. The highest BCUT2D eigenvalue weighted by Crippen LogP contribution is 2.32. The minimum Gasteiger partial charge on any atom is -0.211 e. The highest BCUT2D eigenvalue weighted by Gasteiger charge is 2.25. The summed E-state index contributed by atoms with van der Waals surface area (Å²) in [7, 11) is -3.48. The lowest BCUT2D eigenvalue weighted by molar-refractivity contribution is 0.485. The Morgan fingerprint density at radius 2 is 1.79 bits per heavy atom. The number of hydrogen-bond acceptors (Lipinski definition) is 2. The summed E-state index contributed by atoms with van der Waals surface area (Å²) in [5.41, 5.74) is 2.23. The largest absolute Gasteiger partial charge is 0.240 e. The van der Waals surface area contributed by atoms with Gasteiger partial charge in [-0.2, -0.15) is 0 Å². The summed E-state index contributed by atoms with van der Waals surface area (Å²) < 4.78 is 27.9. The van der Waals surface area contributed by atoms with Gasteiger partial charge in [0.2, 0.25) is 10.0 Å². The van der Waals surface area contributed by atoms with Crippen LogP contribution in [0.4, 0.5) is 0 Å². The Kier molecular flexibility index (Phi) is 5.17. The Morgan fingerprint density at radius 3 is 2.42 bits per heavy atom. The second kappa shape index (κ2) is 7.32. The minimum atomic E-state index is -3.48. The molecule has 3 nitrogen and oxygen atoms in total. The molecule has 0 radical (unpaired) electrons. The first-order valence-corrected chi connectivity index (χ1v) is 9.82. The number of nitrogens with one attached hydrogen (secondary N) is 1. The molecule has 2 aromatic carbocycles. The third-order valence-corrected chi connectivity index (χ3v) is 6.06. The molecule has 0 saturated heterocycles. The molecule has 2 aromatic rings. The lowest BCUT2D eigenvalue weighted by atomic mass is 9.86. The molecule has 0 bridgehead atoms. The topological polar surface area (TPSA) is 46.2 Å². The summed E-state index contributed by atoms with van der Waals surface area (Å²) in [6, 6.07) is 17.1. The van der Waals surface area contributed by atoms with E-state index in [1.54, 1.807) is 12.1 Å². The van der Waals surface area contributed by atoms with Crippen molar-refractivity contribution in [2.45, 2.75) is 30.6 Å². The van der Waals surface area contributed by atoms with Crippen LogP contribution < -0.4 is 4.72 Å². The van der Waals surface area contributed by atoms with Crippen LogP contribution in [0.2, 0.25) is 0 Å². The van der Waals surface area contributed by atoms with Crippen LogP contribution in [0.3, 0.4) is 0 Å². The number of rotatable bonds is 6. The Balaban J connectivity index is 1.78. The Labute approximate surface area is 144 Å². The van der Waals surface area contributed by atoms with Crippen LogP contribution in [-0.4, -0.2) is 15.0 Å². The van der Waals surface area contributed by atoms with E-state index in [1.165, 1.54) is 5.56 Å². The van der Waals surface area contributed by atoms with Gasteiger partial charge in [0.05, 0.1) is 4.90 Å². The normalized spacial score (nSPS) is 18.6. The molecule has 0 fully saturated rings. The van der Waals surface area contributed by atoms with E-state index in [4.69, 9.17) is 0 Å². The van der Waals surface area contributed by atoms with Crippen molar-refractivity contribution < 1.29 is 8.42 Å². The fourth-order valence-electron chi connectivity index (χ4n) is 3.21. The van der Waals surface area contributed by atoms with E-state index < -0.39 is 10.0 Å². The lowest BCUT2D eigenvalue weighted by Gasteiger charge is -2.23. The Hall–Kier alpha value is -1.91. The molecule has 0 amide bonds. The average Bonchev–Trinajstić information content (AvgIpc) is 3.11. The molecule has 126 valence electrons. The van der Waals surface area contributed by atoms with Crippen molar-refractivity contribution in [2.24, 2.45) is 5.92 Å². The number of benzene rings is 2. The van der Waals surface area contributed by atoms with Gasteiger partial charge in [-0.25, -0.2) is 13.1 Å². The quantitative estimate of drug-likeness (QED) is 0.807. The molecule has 1 aliphatic carbocycles. The first kappa shape index (κ1) is 16.9. The Morgan fingerprint density at radius 1 is 1.08 bits per heavy atom. The van der Waals surface area contributed by atoms with Gasteiger partial charge < -0.3 is 0 Å². The van der Waals surface area contributed by atoms with Crippen molar-refractivity contribution in [3.8, 4) is 0 Å². The molecule has 0 unspecified atom stereocenters. The SMILES string of the molecule is Cc1ccc(S(=O)(=O)NC[C@@H](c2ccccc2)[C@H]2C=CCC2)cc1. The average molecular weight is 341 g/mol. The molecular weight excluding hydrogens is 318 g/mol. The number of hydrogen-bond donors (Lipinski definition) is 1. The molecule has 0 heterocycles. The van der Waals surface area contributed by atoms with Crippen LogP contribution in [0.25, 0.3) is 0 Å². The molecule has 1 aliphatic rings. The first-order valence-electron chi connectivity index (χ1n) is 8.34. The molecular formula is C20H23NO2S. The van der Waals surface area contributed by atoms with E-state index in [1.807, 2.05) is 37.3 Å². The standard InChI is InChI=1S/C20H23NO2S/c1-16-11-13-19(14-12-16)24(22,23)21-15-20(18-9-5-6-10-18)17-7-3-2-4-8-17/h2-5,7-9,11-14,18,20-21H,6,10,15H2,1H3/t18-,20-/m0/s1. The van der Waals surface area contributed by atoms with Crippen LogP contribution in [-0.2, 0) is 10.0 Å². The van der Waals surface area contributed by atoms with Gasteiger partial charge in [0, 0.05) is 12.5 Å². The zero-order valence-corrected chi connectivity index (χ0v) is 14.7. The van der Waals surface area contributed by atoms with Gasteiger partial charge in [0.25, 0.3) is 0 Å². The summed E-state index contributed by atoms with van der Waals surface area (Å²) in [5.74, 6) is 0.540. The molecule has 0 spiro atoms. The number of sulfonamides is 1. The van der Waals surface area contributed by atoms with Gasteiger partial charge in [0.1, 0.15) is 0 Å². The smallest absolute Gasteiger partial charge is 0.211 e. The van der Waals surface area contributed by atoms with Crippen LogP contribution in [0.1, 0.15) is 29.9 Å². The summed E-state index contributed by atoms with van der Waals surface area (Å²) in [6.45, 7) is 2.36. The van der Waals surface area contributed by atoms with E-state index in [0.717, 1.165) is 18.4 Å². The van der Waals surface area contributed by atoms with Gasteiger partial charge in [0.15, 0.2) is 0 Å². The maximum atomic E-state index is 12.6. The molecule has 3 rings (SSSR count). The van der Waals surface area contributed by atoms with Crippen LogP contribution in [0.15, 0.2) is 71.6 Å². The Bertz CT molecular complexity index is 795. The van der Waals surface area contributed by atoms with Crippen molar-refractivity contribution in [3.63, 3.8) is 0 Å². The zero-order valence-electron chi connectivity index (χ0n) is 13.9. The molecule has 0 aliphatic heterocycles. The molecule has 2 atom stereocenters. The third-order valence-electron chi connectivity index (χ3n) is 4.62. The maximum Gasteiger partial charge on any atom is 0.240 e. The molecule has 0 aromatic heterocycles. The van der Waals surface area contributed by atoms with Crippen LogP contribution in [0.5, 0.6) is 0 Å². The number of aryl methyl sites for hydroxylation is 1. The maximum absolute atomic E-state index is 12.6. The fraction of sp³-hybridized carbons (Fsp3) is 0.300. The molecule has 24 heavy (non-hydrogen) atoms. The zero-order chi connectivity index (χ0) is 17.0. The van der Waals surface area contributed by atoms with Crippen molar-refractivity contribution in [1.29, 1.82) is 0 Å². The van der Waals surface area contributed by atoms with Crippen molar-refractivity contribution in [2.75, 3.05) is 6.54 Å². The predicted octanol–water partition coefficient (Wildman–Crippen LogP) is 4.02. The van der Waals surface area contributed by atoms with Crippen LogP contribution in [0, 0.1) is 12.8 Å². The minimum absolute atomic E-state index is 0.158. The molecule has 0 saturated carbocycles. The van der Waals surface area contributed by atoms with E-state index >= 15 is 0 Å². The van der Waals surface area contributed by atoms with Crippen molar-refractivity contribution >= 4 is 10.0 Å². The van der Waals surface area contributed by atoms with E-state index in [9.17, 15) is 8.42 Å². The second-order valence-electron chi connectivity index (χ2n) is 6.35. The third kappa shape index (κ3) is 3.94. The van der Waals surface area contributed by atoms with E-state index in [-0.39, 0.29) is 5.92 Å². The van der Waals surface area contributed by atoms with E-state index in [0.29, 0.717) is 17.4 Å². The lowest BCUT2D eigenvalue weighted by Crippen LogP contribution is -2.31. The highest BCUT2D eigenvalue weighted by atomic mass is 32.2. The molecule has 1 N–H and O–H groups in total. The molecule has 4 heteroatoms. The monoisotopic (exact) mass is 341 g/mol. The number of allylic oxidation sites excluding steroid dienone is 2. The summed E-state index contributed by atoms with van der Waals surface area (Å²) in [5, 5.41) is 0. The summed E-state index contributed by atoms with van der Waals surface area (Å²) >= 11 is 0. The van der Waals surface area contributed by atoms with Crippen molar-refractivity contribution in [3.05, 3.63) is 77.9 Å². The predicted molar refractivity (Wildman–Crippen MR) is 97.4 cm³/mol. The first-order chi connectivity index (χ1) is 11.6. The van der Waals surface area contributed by atoms with Gasteiger partial charge >= 0.3 is 0 Å². The van der Waals surface area contributed by atoms with E-state index in [2.05, 4.69) is 29.0 Å². The van der Waals surface area contributed by atoms with Gasteiger partial charge in [-0.15, -0.1) is 0 Å².